The van der Waals surface area contributed by atoms with E-state index in [1.54, 1.807) is 0 Å². The Morgan fingerprint density at radius 1 is 1.33 bits per heavy atom. The number of hydrogen-bond donors (Lipinski definition) is 1. The number of nitrogens with zero attached hydrogens (tertiary/aromatic N) is 2. The van der Waals surface area contributed by atoms with Crippen LogP contribution in [-0.4, -0.2) is 14.7 Å². The average molecular weight is 348 g/mol. The predicted octanol–water partition coefficient (Wildman–Crippen LogP) is 2.96. The minimum absolute atomic E-state index is 0.169. The van der Waals surface area contributed by atoms with E-state index in [1.807, 2.05) is 0 Å². The number of aliphatic hydroxyl groups is 1. The lowest BCUT2D eigenvalue weighted by Gasteiger charge is -2.14. The van der Waals surface area contributed by atoms with Gasteiger partial charge in [-0.25, -0.2) is 13.8 Å². The molecule has 1 aliphatic rings. The van der Waals surface area contributed by atoms with Crippen molar-refractivity contribution in [2.75, 3.05) is 0 Å². The highest BCUT2D eigenvalue weighted by Crippen LogP contribution is 2.34. The van der Waals surface area contributed by atoms with Crippen LogP contribution >= 0.6 is 11.3 Å². The molecule has 0 aliphatic heterocycles. The number of halogens is 2. The Labute approximate surface area is 140 Å². The summed E-state index contributed by atoms with van der Waals surface area (Å²) in [5, 5.41) is 10.8. The number of aliphatic hydroxyl groups excluding tert-OH is 1. The van der Waals surface area contributed by atoms with Crippen LogP contribution in [0.15, 0.2) is 29.3 Å². The van der Waals surface area contributed by atoms with Crippen molar-refractivity contribution in [3.8, 4) is 0 Å². The zero-order valence-corrected chi connectivity index (χ0v) is 13.4. The van der Waals surface area contributed by atoms with Gasteiger partial charge in [-0.2, -0.15) is 0 Å². The van der Waals surface area contributed by atoms with Gasteiger partial charge in [-0.1, -0.05) is 0 Å². The van der Waals surface area contributed by atoms with Gasteiger partial charge in [0.1, 0.15) is 16.5 Å². The topological polar surface area (TPSA) is 55.1 Å². The normalized spacial score (nSPS) is 15.0. The summed E-state index contributed by atoms with van der Waals surface area (Å²) in [5.74, 6) is -1.34. The van der Waals surface area contributed by atoms with Crippen molar-refractivity contribution in [1.82, 2.24) is 9.55 Å². The zero-order valence-electron chi connectivity index (χ0n) is 12.6. The third kappa shape index (κ3) is 2.44. The second-order valence-corrected chi connectivity index (χ2v) is 7.00. The highest BCUT2D eigenvalue weighted by molar-refractivity contribution is 7.18. The Morgan fingerprint density at radius 2 is 2.17 bits per heavy atom. The molecule has 1 atom stereocenters. The minimum atomic E-state index is -1.33. The standard InChI is InChI=1S/C17H14F2N2O2S/c18-9-4-5-12(19)11(6-9)13(22)7-21-8-20-16-15(17(21)23)10-2-1-3-14(10)24-16/h4-6,8,13,22H,1-3,7H2. The van der Waals surface area contributed by atoms with E-state index in [9.17, 15) is 18.7 Å². The van der Waals surface area contributed by atoms with Crippen LogP contribution in [0.4, 0.5) is 8.78 Å². The molecule has 1 aromatic carbocycles. The van der Waals surface area contributed by atoms with Gasteiger partial charge in [0.25, 0.3) is 5.56 Å². The SMILES string of the molecule is O=c1c2c3c(sc2ncn1CC(O)c1cc(F)ccc1F)CCC3. The number of rotatable bonds is 3. The Kier molecular flexibility index (Phi) is 3.69. The third-order valence-electron chi connectivity index (χ3n) is 4.38. The maximum absolute atomic E-state index is 13.8. The van der Waals surface area contributed by atoms with Crippen LogP contribution in [0.25, 0.3) is 10.2 Å². The maximum atomic E-state index is 13.8. The quantitative estimate of drug-likeness (QED) is 0.792. The van der Waals surface area contributed by atoms with Crippen molar-refractivity contribution >= 4 is 21.6 Å². The number of thiophene rings is 1. The molecule has 4 rings (SSSR count). The second-order valence-electron chi connectivity index (χ2n) is 5.92. The summed E-state index contributed by atoms with van der Waals surface area (Å²) < 4.78 is 28.3. The molecule has 2 aromatic heterocycles. The van der Waals surface area contributed by atoms with Crippen LogP contribution in [0.2, 0.25) is 0 Å². The molecular formula is C17H14F2N2O2S. The van der Waals surface area contributed by atoms with Crippen molar-refractivity contribution in [3.05, 3.63) is 62.5 Å². The summed E-state index contributed by atoms with van der Waals surface area (Å²) in [6.07, 6.45) is 2.88. The monoisotopic (exact) mass is 348 g/mol. The average Bonchev–Trinajstić information content (AvgIpc) is 3.13. The molecule has 2 heterocycles. The Balaban J connectivity index is 1.73. The predicted molar refractivity (Wildman–Crippen MR) is 87.2 cm³/mol. The molecule has 3 aromatic rings. The molecule has 0 saturated heterocycles. The molecule has 0 saturated carbocycles. The van der Waals surface area contributed by atoms with Gasteiger partial charge in [0.05, 0.1) is 24.4 Å². The molecule has 7 heteroatoms. The Morgan fingerprint density at radius 3 is 3.00 bits per heavy atom. The molecule has 0 fully saturated rings. The molecule has 124 valence electrons. The van der Waals surface area contributed by atoms with E-state index in [0.29, 0.717) is 10.2 Å². The van der Waals surface area contributed by atoms with Crippen LogP contribution in [0.5, 0.6) is 0 Å². The van der Waals surface area contributed by atoms with Gasteiger partial charge in [-0.15, -0.1) is 11.3 Å². The fraction of sp³-hybridized carbons (Fsp3) is 0.294. The van der Waals surface area contributed by atoms with Crippen LogP contribution in [0, 0.1) is 11.6 Å². The summed E-state index contributed by atoms with van der Waals surface area (Å²) in [4.78, 5) is 18.9. The maximum Gasteiger partial charge on any atom is 0.262 e. The third-order valence-corrected chi connectivity index (χ3v) is 5.58. The Hall–Kier alpha value is -2.12. The zero-order chi connectivity index (χ0) is 16.8. The van der Waals surface area contributed by atoms with Gasteiger partial charge in [-0.05, 0) is 43.0 Å². The van der Waals surface area contributed by atoms with E-state index in [4.69, 9.17) is 0 Å². The van der Waals surface area contributed by atoms with Gasteiger partial charge in [0, 0.05) is 10.4 Å². The second kappa shape index (κ2) is 5.75. The fourth-order valence-corrected chi connectivity index (χ4v) is 4.42. The fourth-order valence-electron chi connectivity index (χ4n) is 3.20. The van der Waals surface area contributed by atoms with Gasteiger partial charge in [0.2, 0.25) is 0 Å². The highest BCUT2D eigenvalue weighted by Gasteiger charge is 2.22. The summed E-state index contributed by atoms with van der Waals surface area (Å²) in [5.41, 5.74) is 0.640. The number of aryl methyl sites for hydroxylation is 2. The first kappa shape index (κ1) is 15.4. The molecule has 0 spiro atoms. The molecule has 0 amide bonds. The smallest absolute Gasteiger partial charge is 0.262 e. The van der Waals surface area contributed by atoms with E-state index in [0.717, 1.165) is 43.0 Å². The van der Waals surface area contributed by atoms with Crippen molar-refractivity contribution in [2.24, 2.45) is 0 Å². The van der Waals surface area contributed by atoms with Gasteiger partial charge >= 0.3 is 0 Å². The molecule has 0 radical (unpaired) electrons. The van der Waals surface area contributed by atoms with E-state index in [2.05, 4.69) is 4.98 Å². The van der Waals surface area contributed by atoms with Crippen LogP contribution in [0.3, 0.4) is 0 Å². The van der Waals surface area contributed by atoms with E-state index >= 15 is 0 Å². The van der Waals surface area contributed by atoms with E-state index < -0.39 is 17.7 Å². The highest BCUT2D eigenvalue weighted by atomic mass is 32.1. The molecule has 4 nitrogen and oxygen atoms in total. The lowest BCUT2D eigenvalue weighted by molar-refractivity contribution is 0.150. The van der Waals surface area contributed by atoms with Gasteiger partial charge < -0.3 is 5.11 Å². The van der Waals surface area contributed by atoms with Gasteiger partial charge in [0.15, 0.2) is 0 Å². The van der Waals surface area contributed by atoms with Crippen molar-refractivity contribution in [1.29, 1.82) is 0 Å². The number of hydrogen-bond acceptors (Lipinski definition) is 4. The van der Waals surface area contributed by atoms with Crippen LogP contribution in [-0.2, 0) is 19.4 Å². The van der Waals surface area contributed by atoms with Crippen molar-refractivity contribution in [2.45, 2.75) is 31.9 Å². The summed E-state index contributed by atoms with van der Waals surface area (Å²) in [6, 6.07) is 2.89. The van der Waals surface area contributed by atoms with Crippen LogP contribution < -0.4 is 5.56 Å². The largest absolute Gasteiger partial charge is 0.386 e. The Bertz CT molecular complexity index is 996. The molecule has 1 unspecified atom stereocenters. The summed E-state index contributed by atoms with van der Waals surface area (Å²) in [6.45, 7) is -0.174. The van der Waals surface area contributed by atoms with Gasteiger partial charge in [-0.3, -0.25) is 9.36 Å². The summed E-state index contributed by atoms with van der Waals surface area (Å²) >= 11 is 1.53. The van der Waals surface area contributed by atoms with Crippen molar-refractivity contribution in [3.63, 3.8) is 0 Å². The van der Waals surface area contributed by atoms with Crippen molar-refractivity contribution < 1.29 is 13.9 Å². The van der Waals surface area contributed by atoms with E-state index in [1.165, 1.54) is 27.1 Å². The van der Waals surface area contributed by atoms with E-state index in [-0.39, 0.29) is 17.7 Å². The number of aromatic nitrogens is 2. The first-order chi connectivity index (χ1) is 11.5. The first-order valence-corrected chi connectivity index (χ1v) is 8.49. The summed E-state index contributed by atoms with van der Waals surface area (Å²) in [7, 11) is 0. The molecule has 1 N–H and O–H groups in total. The first-order valence-electron chi connectivity index (χ1n) is 7.67. The lowest BCUT2D eigenvalue weighted by Crippen LogP contribution is -2.24. The molecule has 1 aliphatic carbocycles. The number of fused-ring (bicyclic) bond motifs is 3. The number of benzene rings is 1. The molecule has 24 heavy (non-hydrogen) atoms. The molecule has 0 bridgehead atoms. The minimum Gasteiger partial charge on any atom is -0.386 e. The molecular weight excluding hydrogens is 334 g/mol. The van der Waals surface area contributed by atoms with Crippen LogP contribution in [0.1, 0.15) is 28.5 Å². The lowest BCUT2D eigenvalue weighted by atomic mass is 10.1.